The van der Waals surface area contributed by atoms with Gasteiger partial charge in [0.15, 0.2) is 0 Å². The molecule has 2 rings (SSSR count). The van der Waals surface area contributed by atoms with Crippen molar-refractivity contribution in [1.82, 2.24) is 10.2 Å². The van der Waals surface area contributed by atoms with Gasteiger partial charge in [0.05, 0.1) is 7.11 Å². The van der Waals surface area contributed by atoms with E-state index in [2.05, 4.69) is 15.5 Å². The summed E-state index contributed by atoms with van der Waals surface area (Å²) in [6.07, 6.45) is 2.07. The van der Waals surface area contributed by atoms with Crippen LogP contribution in [0.3, 0.4) is 0 Å². The van der Waals surface area contributed by atoms with Crippen molar-refractivity contribution in [2.24, 2.45) is 5.92 Å². The fourth-order valence-corrected chi connectivity index (χ4v) is 2.65. The smallest absolute Gasteiger partial charge is 0.236 e. The minimum absolute atomic E-state index is 0.193. The third-order valence-corrected chi connectivity index (χ3v) is 3.99. The molecule has 6 heteroatoms. The molecule has 1 aliphatic rings. The standard InChI is InChI=1S/C17H25N3O3/c1-20(2)10-4-9-18-16(21)14-8-6-12-5-7-13(23-3)11-15(12)19-17(14)22/h5,7,11,14H,4,6,8-10H2,1-3H3,(H,18,21)(H,19,22). The maximum absolute atomic E-state index is 12.3. The van der Waals surface area contributed by atoms with E-state index in [1.54, 1.807) is 13.2 Å². The first-order valence-corrected chi connectivity index (χ1v) is 7.91. The molecule has 23 heavy (non-hydrogen) atoms. The van der Waals surface area contributed by atoms with Crippen molar-refractivity contribution in [2.45, 2.75) is 19.3 Å². The van der Waals surface area contributed by atoms with E-state index in [1.165, 1.54) is 0 Å². The molecule has 0 fully saturated rings. The van der Waals surface area contributed by atoms with E-state index in [1.807, 2.05) is 26.2 Å². The van der Waals surface area contributed by atoms with Crippen molar-refractivity contribution >= 4 is 17.5 Å². The zero-order chi connectivity index (χ0) is 16.8. The Balaban J connectivity index is 1.95. The van der Waals surface area contributed by atoms with E-state index < -0.39 is 5.92 Å². The summed E-state index contributed by atoms with van der Waals surface area (Å²) in [5.74, 6) is -0.397. The van der Waals surface area contributed by atoms with Crippen molar-refractivity contribution in [2.75, 3.05) is 39.6 Å². The number of aryl methyl sites for hydroxylation is 1. The van der Waals surface area contributed by atoms with Gasteiger partial charge < -0.3 is 20.3 Å². The predicted octanol–water partition coefficient (Wildman–Crippen LogP) is 1.26. The number of methoxy groups -OCH3 is 1. The number of hydrogen-bond donors (Lipinski definition) is 2. The van der Waals surface area contributed by atoms with E-state index in [4.69, 9.17) is 4.74 Å². The molecule has 1 aliphatic heterocycles. The monoisotopic (exact) mass is 319 g/mol. The number of rotatable bonds is 6. The first kappa shape index (κ1) is 17.3. The van der Waals surface area contributed by atoms with Crippen molar-refractivity contribution in [3.8, 4) is 5.75 Å². The average Bonchev–Trinajstić information content (AvgIpc) is 2.68. The van der Waals surface area contributed by atoms with Gasteiger partial charge in [0, 0.05) is 18.3 Å². The summed E-state index contributed by atoms with van der Waals surface area (Å²) in [5.41, 5.74) is 1.76. The first-order valence-electron chi connectivity index (χ1n) is 7.91. The summed E-state index contributed by atoms with van der Waals surface area (Å²) in [4.78, 5) is 26.7. The number of benzene rings is 1. The Labute approximate surface area is 137 Å². The number of carbonyl (C=O) groups is 2. The van der Waals surface area contributed by atoms with Gasteiger partial charge in [-0.15, -0.1) is 0 Å². The predicted molar refractivity (Wildman–Crippen MR) is 89.6 cm³/mol. The van der Waals surface area contributed by atoms with Crippen LogP contribution in [0.5, 0.6) is 5.75 Å². The fraction of sp³-hybridized carbons (Fsp3) is 0.529. The third-order valence-electron chi connectivity index (χ3n) is 3.99. The second-order valence-electron chi connectivity index (χ2n) is 6.05. The first-order chi connectivity index (χ1) is 11.0. The van der Waals surface area contributed by atoms with Gasteiger partial charge in [-0.3, -0.25) is 9.59 Å². The molecule has 2 N–H and O–H groups in total. The lowest BCUT2D eigenvalue weighted by molar-refractivity contribution is -0.132. The van der Waals surface area contributed by atoms with Crippen LogP contribution in [0.15, 0.2) is 18.2 Å². The van der Waals surface area contributed by atoms with Gasteiger partial charge in [-0.05, 0) is 51.5 Å². The topological polar surface area (TPSA) is 70.7 Å². The molecule has 2 amide bonds. The number of fused-ring (bicyclic) bond motifs is 1. The SMILES string of the molecule is COc1ccc2c(c1)NC(=O)C(C(=O)NCCCN(C)C)CC2. The van der Waals surface area contributed by atoms with Crippen molar-refractivity contribution < 1.29 is 14.3 Å². The number of carbonyl (C=O) groups excluding carboxylic acids is 2. The molecule has 0 saturated heterocycles. The number of ether oxygens (including phenoxy) is 1. The van der Waals surface area contributed by atoms with Crippen LogP contribution in [-0.2, 0) is 16.0 Å². The normalized spacial score (nSPS) is 17.2. The molecule has 1 atom stereocenters. The lowest BCUT2D eigenvalue weighted by atomic mass is 9.99. The van der Waals surface area contributed by atoms with Gasteiger partial charge in [-0.25, -0.2) is 0 Å². The Morgan fingerprint density at radius 3 is 2.91 bits per heavy atom. The van der Waals surface area contributed by atoms with Crippen LogP contribution in [0.25, 0.3) is 0 Å². The lowest BCUT2D eigenvalue weighted by Gasteiger charge is -2.14. The molecule has 0 spiro atoms. The summed E-state index contributed by atoms with van der Waals surface area (Å²) < 4.78 is 5.18. The number of amides is 2. The van der Waals surface area contributed by atoms with E-state index in [0.29, 0.717) is 25.1 Å². The summed E-state index contributed by atoms with van der Waals surface area (Å²) >= 11 is 0. The average molecular weight is 319 g/mol. The van der Waals surface area contributed by atoms with Crippen LogP contribution in [0.4, 0.5) is 5.69 Å². The lowest BCUT2D eigenvalue weighted by Crippen LogP contribution is -2.38. The molecule has 0 bridgehead atoms. The minimum atomic E-state index is -0.646. The summed E-state index contributed by atoms with van der Waals surface area (Å²) in [5, 5.41) is 5.71. The molecular formula is C17H25N3O3. The van der Waals surface area contributed by atoms with Crippen molar-refractivity contribution in [3.63, 3.8) is 0 Å². The highest BCUT2D eigenvalue weighted by molar-refractivity contribution is 6.07. The van der Waals surface area contributed by atoms with Crippen molar-refractivity contribution in [3.05, 3.63) is 23.8 Å². The Morgan fingerprint density at radius 2 is 2.22 bits per heavy atom. The quantitative estimate of drug-likeness (QED) is 0.612. The van der Waals surface area contributed by atoms with Gasteiger partial charge in [0.25, 0.3) is 0 Å². The third kappa shape index (κ3) is 4.69. The maximum atomic E-state index is 12.3. The van der Waals surface area contributed by atoms with Gasteiger partial charge in [0.2, 0.25) is 11.8 Å². The van der Waals surface area contributed by atoms with Crippen LogP contribution < -0.4 is 15.4 Å². The van der Waals surface area contributed by atoms with Gasteiger partial charge in [0.1, 0.15) is 11.7 Å². The zero-order valence-corrected chi connectivity index (χ0v) is 14.0. The largest absolute Gasteiger partial charge is 0.497 e. The number of hydrogen-bond acceptors (Lipinski definition) is 4. The van der Waals surface area contributed by atoms with Crippen LogP contribution in [0.1, 0.15) is 18.4 Å². The highest BCUT2D eigenvalue weighted by Gasteiger charge is 2.29. The molecule has 1 unspecified atom stereocenters. The summed E-state index contributed by atoms with van der Waals surface area (Å²) in [6, 6.07) is 5.60. The van der Waals surface area contributed by atoms with E-state index in [9.17, 15) is 9.59 Å². The molecule has 0 radical (unpaired) electrons. The van der Waals surface area contributed by atoms with Gasteiger partial charge in [-0.2, -0.15) is 0 Å². The Morgan fingerprint density at radius 1 is 1.43 bits per heavy atom. The van der Waals surface area contributed by atoms with E-state index in [0.717, 1.165) is 24.2 Å². The van der Waals surface area contributed by atoms with Crippen LogP contribution in [0, 0.1) is 5.92 Å². The molecule has 1 aromatic carbocycles. The second kappa shape index (κ2) is 7.97. The summed E-state index contributed by atoms with van der Waals surface area (Å²) in [6.45, 7) is 1.49. The minimum Gasteiger partial charge on any atom is -0.497 e. The molecular weight excluding hydrogens is 294 g/mol. The summed E-state index contributed by atoms with van der Waals surface area (Å²) in [7, 11) is 5.57. The molecule has 0 aromatic heterocycles. The number of anilines is 1. The maximum Gasteiger partial charge on any atom is 0.236 e. The Bertz CT molecular complexity index is 572. The molecule has 1 aromatic rings. The Kier molecular flexibility index (Phi) is 5.98. The Hall–Kier alpha value is -2.08. The highest BCUT2D eigenvalue weighted by atomic mass is 16.5. The zero-order valence-electron chi connectivity index (χ0n) is 14.0. The molecule has 0 aliphatic carbocycles. The molecule has 0 saturated carbocycles. The molecule has 6 nitrogen and oxygen atoms in total. The highest BCUT2D eigenvalue weighted by Crippen LogP contribution is 2.28. The fourth-order valence-electron chi connectivity index (χ4n) is 2.65. The number of nitrogens with one attached hydrogen (secondary N) is 2. The van der Waals surface area contributed by atoms with Crippen LogP contribution >= 0.6 is 0 Å². The number of nitrogens with zero attached hydrogens (tertiary/aromatic N) is 1. The van der Waals surface area contributed by atoms with Crippen molar-refractivity contribution in [1.29, 1.82) is 0 Å². The van der Waals surface area contributed by atoms with Gasteiger partial charge in [-0.1, -0.05) is 6.07 Å². The molecule has 126 valence electrons. The van der Waals surface area contributed by atoms with Crippen LogP contribution in [0.2, 0.25) is 0 Å². The second-order valence-corrected chi connectivity index (χ2v) is 6.05. The van der Waals surface area contributed by atoms with E-state index in [-0.39, 0.29) is 11.8 Å². The van der Waals surface area contributed by atoms with Gasteiger partial charge >= 0.3 is 0 Å². The van der Waals surface area contributed by atoms with Crippen LogP contribution in [-0.4, -0.2) is 51.0 Å². The van der Waals surface area contributed by atoms with E-state index >= 15 is 0 Å². The molecule has 1 heterocycles.